The van der Waals surface area contributed by atoms with Crippen LogP contribution in [0.15, 0.2) is 18.2 Å². The van der Waals surface area contributed by atoms with Gasteiger partial charge in [0.1, 0.15) is 6.29 Å². The van der Waals surface area contributed by atoms with Gasteiger partial charge in [0.15, 0.2) is 0 Å². The topological polar surface area (TPSA) is 43.1 Å². The minimum Gasteiger partial charge on any atom is -0.399 e. The van der Waals surface area contributed by atoms with Crippen LogP contribution in [0.1, 0.15) is 24.0 Å². The Bertz CT molecular complexity index is 435. The van der Waals surface area contributed by atoms with Crippen molar-refractivity contribution in [3.63, 3.8) is 0 Å². The van der Waals surface area contributed by atoms with Gasteiger partial charge in [-0.15, -0.1) is 0 Å². The van der Waals surface area contributed by atoms with Crippen molar-refractivity contribution in [1.29, 1.82) is 0 Å². The van der Waals surface area contributed by atoms with Crippen molar-refractivity contribution in [3.8, 4) is 0 Å². The Morgan fingerprint density at radius 2 is 1.94 bits per heavy atom. The van der Waals surface area contributed by atoms with Gasteiger partial charge in [-0.05, 0) is 30.5 Å². The van der Waals surface area contributed by atoms with Crippen LogP contribution in [-0.2, 0) is 16.4 Å². The predicted octanol–water partition coefficient (Wildman–Crippen LogP) is 2.52. The van der Waals surface area contributed by atoms with Gasteiger partial charge >= 0.3 is 6.18 Å². The minimum atomic E-state index is -4.47. The van der Waals surface area contributed by atoms with E-state index in [0.29, 0.717) is 19.1 Å². The highest BCUT2D eigenvalue weighted by molar-refractivity contribution is 5.74. The Kier molecular flexibility index (Phi) is 2.22. The molecule has 0 amide bonds. The van der Waals surface area contributed by atoms with E-state index in [2.05, 4.69) is 0 Å². The second kappa shape index (κ2) is 3.23. The molecular weight excluding hydrogens is 219 g/mol. The molecule has 5 heteroatoms. The fourth-order valence-corrected chi connectivity index (χ4v) is 1.82. The number of anilines is 1. The monoisotopic (exact) mass is 229 g/mol. The summed E-state index contributed by atoms with van der Waals surface area (Å²) in [5.74, 6) is 0. The zero-order valence-corrected chi connectivity index (χ0v) is 8.34. The Morgan fingerprint density at radius 3 is 2.38 bits per heavy atom. The third-order valence-corrected chi connectivity index (χ3v) is 2.90. The fraction of sp³-hybridized carbons (Fsp3) is 0.364. The molecule has 0 saturated heterocycles. The molecule has 0 aromatic heterocycles. The Balaban J connectivity index is 2.57. The van der Waals surface area contributed by atoms with Crippen molar-refractivity contribution in [2.24, 2.45) is 0 Å². The lowest BCUT2D eigenvalue weighted by atomic mass is 9.92. The maximum atomic E-state index is 12.8. The summed E-state index contributed by atoms with van der Waals surface area (Å²) in [6, 6.07) is 3.59. The molecule has 0 heterocycles. The molecule has 0 atom stereocenters. The molecule has 2 N–H and O–H groups in total. The van der Waals surface area contributed by atoms with Gasteiger partial charge in [0.2, 0.25) is 0 Å². The van der Waals surface area contributed by atoms with E-state index >= 15 is 0 Å². The normalized spacial score (nSPS) is 18.2. The number of rotatable bonds is 2. The molecule has 0 unspecified atom stereocenters. The van der Waals surface area contributed by atoms with Gasteiger partial charge in [0.05, 0.1) is 11.0 Å². The molecule has 16 heavy (non-hydrogen) atoms. The molecule has 1 aliphatic rings. The molecule has 2 rings (SSSR count). The molecule has 1 aromatic rings. The van der Waals surface area contributed by atoms with Crippen LogP contribution in [0.3, 0.4) is 0 Å². The Morgan fingerprint density at radius 1 is 1.31 bits per heavy atom. The van der Waals surface area contributed by atoms with E-state index in [1.807, 2.05) is 0 Å². The molecule has 86 valence electrons. The van der Waals surface area contributed by atoms with Crippen LogP contribution in [-0.4, -0.2) is 6.29 Å². The number of hydrogen-bond acceptors (Lipinski definition) is 2. The maximum Gasteiger partial charge on any atom is 0.416 e. The molecular formula is C11H10F3NO. The van der Waals surface area contributed by atoms with Gasteiger partial charge < -0.3 is 10.5 Å². The first-order valence-corrected chi connectivity index (χ1v) is 4.83. The molecule has 0 radical (unpaired) electrons. The highest BCUT2D eigenvalue weighted by Gasteiger charge is 2.49. The predicted molar refractivity (Wildman–Crippen MR) is 52.8 cm³/mol. The molecule has 1 aromatic carbocycles. The summed E-state index contributed by atoms with van der Waals surface area (Å²) < 4.78 is 38.3. The fourth-order valence-electron chi connectivity index (χ4n) is 1.82. The zero-order chi connectivity index (χ0) is 12.0. The smallest absolute Gasteiger partial charge is 0.399 e. The zero-order valence-electron chi connectivity index (χ0n) is 8.34. The van der Waals surface area contributed by atoms with Gasteiger partial charge in [0, 0.05) is 5.69 Å². The van der Waals surface area contributed by atoms with Crippen LogP contribution in [0.5, 0.6) is 0 Å². The molecule has 0 aliphatic heterocycles. The van der Waals surface area contributed by atoms with Gasteiger partial charge in [-0.1, -0.05) is 6.07 Å². The third-order valence-electron chi connectivity index (χ3n) is 2.90. The van der Waals surface area contributed by atoms with Crippen molar-refractivity contribution in [2.45, 2.75) is 24.4 Å². The van der Waals surface area contributed by atoms with Crippen LogP contribution in [0.4, 0.5) is 18.9 Å². The van der Waals surface area contributed by atoms with Crippen LogP contribution in [0.25, 0.3) is 0 Å². The van der Waals surface area contributed by atoms with E-state index in [-0.39, 0.29) is 11.3 Å². The lowest BCUT2D eigenvalue weighted by Gasteiger charge is -2.17. The maximum absolute atomic E-state index is 12.8. The lowest BCUT2D eigenvalue weighted by molar-refractivity contribution is -0.138. The number of alkyl halides is 3. The number of carbonyl (C=O) groups excluding carboxylic acids is 1. The van der Waals surface area contributed by atoms with Crippen LogP contribution in [0, 0.1) is 0 Å². The lowest BCUT2D eigenvalue weighted by Crippen LogP contribution is -2.17. The first-order valence-electron chi connectivity index (χ1n) is 4.83. The summed E-state index contributed by atoms with van der Waals surface area (Å²) in [5, 5.41) is 0. The summed E-state index contributed by atoms with van der Waals surface area (Å²) in [7, 11) is 0. The first-order chi connectivity index (χ1) is 7.39. The summed E-state index contributed by atoms with van der Waals surface area (Å²) in [5.41, 5.74) is 3.71. The largest absolute Gasteiger partial charge is 0.416 e. The molecule has 0 spiro atoms. The third kappa shape index (κ3) is 1.66. The SMILES string of the molecule is Nc1ccc(C2(C=O)CC2)c(C(F)(F)F)c1. The van der Waals surface area contributed by atoms with E-state index < -0.39 is 17.2 Å². The molecule has 1 aliphatic carbocycles. The summed E-state index contributed by atoms with van der Waals surface area (Å²) in [6.07, 6.45) is -2.91. The number of hydrogen-bond donors (Lipinski definition) is 1. The second-order valence-corrected chi connectivity index (χ2v) is 4.08. The van der Waals surface area contributed by atoms with Gasteiger partial charge in [-0.25, -0.2) is 0 Å². The average Bonchev–Trinajstić information content (AvgIpc) is 2.97. The molecule has 2 nitrogen and oxygen atoms in total. The number of aldehydes is 1. The average molecular weight is 229 g/mol. The van der Waals surface area contributed by atoms with Crippen LogP contribution >= 0.6 is 0 Å². The van der Waals surface area contributed by atoms with Gasteiger partial charge in [0.25, 0.3) is 0 Å². The minimum absolute atomic E-state index is 0.0456. The quantitative estimate of drug-likeness (QED) is 0.625. The molecule has 1 saturated carbocycles. The second-order valence-electron chi connectivity index (χ2n) is 4.08. The highest BCUT2D eigenvalue weighted by Crippen LogP contribution is 2.50. The summed E-state index contributed by atoms with van der Waals surface area (Å²) >= 11 is 0. The number of carbonyl (C=O) groups is 1. The van der Waals surface area contributed by atoms with Crippen molar-refractivity contribution < 1.29 is 18.0 Å². The number of nitrogens with two attached hydrogens (primary N) is 1. The van der Waals surface area contributed by atoms with Crippen molar-refractivity contribution in [1.82, 2.24) is 0 Å². The Hall–Kier alpha value is -1.52. The number of halogens is 3. The van der Waals surface area contributed by atoms with Crippen molar-refractivity contribution in [2.75, 3.05) is 5.73 Å². The Labute approximate surface area is 90.2 Å². The molecule has 1 fully saturated rings. The van der Waals surface area contributed by atoms with Gasteiger partial charge in [-0.3, -0.25) is 0 Å². The van der Waals surface area contributed by atoms with Gasteiger partial charge in [-0.2, -0.15) is 13.2 Å². The summed E-state index contributed by atoms with van der Waals surface area (Å²) in [4.78, 5) is 10.9. The van der Waals surface area contributed by atoms with E-state index in [1.54, 1.807) is 0 Å². The molecule has 0 bridgehead atoms. The number of benzene rings is 1. The van der Waals surface area contributed by atoms with Crippen LogP contribution in [0.2, 0.25) is 0 Å². The van der Waals surface area contributed by atoms with E-state index in [1.165, 1.54) is 12.1 Å². The van der Waals surface area contributed by atoms with E-state index in [4.69, 9.17) is 5.73 Å². The van der Waals surface area contributed by atoms with Crippen molar-refractivity contribution >= 4 is 12.0 Å². The first kappa shape index (κ1) is 11.0. The van der Waals surface area contributed by atoms with E-state index in [0.717, 1.165) is 6.07 Å². The highest BCUT2D eigenvalue weighted by atomic mass is 19.4. The number of nitrogen functional groups attached to an aromatic ring is 1. The summed E-state index contributed by atoms with van der Waals surface area (Å²) in [6.45, 7) is 0. The van der Waals surface area contributed by atoms with Crippen molar-refractivity contribution in [3.05, 3.63) is 29.3 Å². The standard InChI is InChI=1S/C11H10F3NO/c12-11(13,14)9-5-7(15)1-2-8(9)10(6-16)3-4-10/h1-2,5-6H,3-4,15H2. The van der Waals surface area contributed by atoms with Crippen LogP contribution < -0.4 is 5.73 Å². The van der Waals surface area contributed by atoms with E-state index in [9.17, 15) is 18.0 Å².